The molecule has 0 bridgehead atoms. The largest absolute Gasteiger partial charge is 0.493 e. The monoisotopic (exact) mass is 397 g/mol. The first-order valence-corrected chi connectivity index (χ1v) is 9.52. The number of carbonyl (C=O) groups is 3. The molecule has 0 aromatic heterocycles. The third-order valence-electron chi connectivity index (χ3n) is 4.61. The zero-order valence-corrected chi connectivity index (χ0v) is 17.3. The maximum absolute atomic E-state index is 12.0. The third-order valence-corrected chi connectivity index (χ3v) is 4.61. The van der Waals surface area contributed by atoms with Gasteiger partial charge in [-0.15, -0.1) is 0 Å². The van der Waals surface area contributed by atoms with Gasteiger partial charge in [-0.3, -0.25) is 14.4 Å². The minimum Gasteiger partial charge on any atom is -0.493 e. The van der Waals surface area contributed by atoms with E-state index in [4.69, 9.17) is 9.47 Å². The Morgan fingerprint density at radius 3 is 2.31 bits per heavy atom. The molecule has 0 saturated heterocycles. The Balaban J connectivity index is 1.69. The van der Waals surface area contributed by atoms with Crippen molar-refractivity contribution in [3.05, 3.63) is 64.7 Å². The number of rotatable bonds is 9. The second kappa shape index (κ2) is 10.4. The highest BCUT2D eigenvalue weighted by Gasteiger charge is 2.13. The second-order valence-electron chi connectivity index (χ2n) is 6.97. The number of aryl methyl sites for hydroxylation is 2. The Labute approximate surface area is 171 Å². The summed E-state index contributed by atoms with van der Waals surface area (Å²) in [5.74, 6) is -0.336. The molecule has 1 amide bonds. The molecule has 6 heteroatoms. The number of Topliss-reactive ketones (excluding diaryl/α,β-unsaturated/α-hetero) is 1. The van der Waals surface area contributed by atoms with Crippen LogP contribution in [0.1, 0.15) is 53.4 Å². The minimum absolute atomic E-state index is 0.0223. The molecule has 2 rings (SSSR count). The first kappa shape index (κ1) is 22.1. The van der Waals surface area contributed by atoms with E-state index in [9.17, 15) is 14.4 Å². The topological polar surface area (TPSA) is 81.7 Å². The van der Waals surface area contributed by atoms with Gasteiger partial charge in [0.2, 0.25) is 0 Å². The van der Waals surface area contributed by atoms with Crippen molar-refractivity contribution >= 4 is 17.7 Å². The Hall–Kier alpha value is -3.15. The molecule has 1 N–H and O–H groups in total. The molecular formula is C23H27NO5. The molecule has 0 aliphatic rings. The van der Waals surface area contributed by atoms with Gasteiger partial charge in [0.05, 0.1) is 19.1 Å². The fraction of sp³-hybridized carbons (Fsp3) is 0.348. The molecule has 0 heterocycles. The Kier molecular flexibility index (Phi) is 7.95. The van der Waals surface area contributed by atoms with Crippen LogP contribution in [-0.2, 0) is 14.3 Å². The van der Waals surface area contributed by atoms with Crippen molar-refractivity contribution in [3.8, 4) is 5.75 Å². The van der Waals surface area contributed by atoms with Gasteiger partial charge in [0.1, 0.15) is 5.75 Å². The van der Waals surface area contributed by atoms with Crippen LogP contribution in [0.25, 0.3) is 0 Å². The SMILES string of the molecule is CC(=O)c1ccc(OCCC(=O)OCC(=O)NC(C)c2ccc(C)c(C)c2)cc1. The van der Waals surface area contributed by atoms with Crippen molar-refractivity contribution in [2.75, 3.05) is 13.2 Å². The quantitative estimate of drug-likeness (QED) is 0.515. The summed E-state index contributed by atoms with van der Waals surface area (Å²) in [6, 6.07) is 12.5. The molecule has 2 aromatic rings. The van der Waals surface area contributed by atoms with E-state index in [-0.39, 0.29) is 37.4 Å². The molecule has 6 nitrogen and oxygen atoms in total. The minimum atomic E-state index is -0.515. The Morgan fingerprint density at radius 2 is 1.69 bits per heavy atom. The van der Waals surface area contributed by atoms with Crippen molar-refractivity contribution in [2.45, 2.75) is 40.2 Å². The van der Waals surface area contributed by atoms with Crippen LogP contribution in [0, 0.1) is 13.8 Å². The smallest absolute Gasteiger partial charge is 0.309 e. The molecule has 2 aromatic carbocycles. The molecule has 1 atom stereocenters. The van der Waals surface area contributed by atoms with Gasteiger partial charge in [-0.05, 0) is 68.7 Å². The number of hydrogen-bond donors (Lipinski definition) is 1. The van der Waals surface area contributed by atoms with Gasteiger partial charge in [-0.2, -0.15) is 0 Å². The number of esters is 1. The average Bonchev–Trinajstić information content (AvgIpc) is 2.68. The maximum atomic E-state index is 12.0. The lowest BCUT2D eigenvalue weighted by Crippen LogP contribution is -2.31. The van der Waals surface area contributed by atoms with E-state index >= 15 is 0 Å². The maximum Gasteiger partial charge on any atom is 0.309 e. The van der Waals surface area contributed by atoms with Crippen molar-refractivity contribution in [3.63, 3.8) is 0 Å². The van der Waals surface area contributed by atoms with Crippen LogP contribution in [0.2, 0.25) is 0 Å². The first-order valence-electron chi connectivity index (χ1n) is 9.52. The highest BCUT2D eigenvalue weighted by Crippen LogP contribution is 2.16. The lowest BCUT2D eigenvalue weighted by molar-refractivity contribution is -0.149. The Morgan fingerprint density at radius 1 is 1.00 bits per heavy atom. The van der Waals surface area contributed by atoms with Gasteiger partial charge in [0.25, 0.3) is 5.91 Å². The van der Waals surface area contributed by atoms with Gasteiger partial charge >= 0.3 is 5.97 Å². The summed E-state index contributed by atoms with van der Waals surface area (Å²) < 4.78 is 10.4. The summed E-state index contributed by atoms with van der Waals surface area (Å²) in [7, 11) is 0. The van der Waals surface area contributed by atoms with Crippen LogP contribution in [0.15, 0.2) is 42.5 Å². The summed E-state index contributed by atoms with van der Waals surface area (Å²) in [6.45, 7) is 7.22. The van der Waals surface area contributed by atoms with E-state index in [1.807, 2.05) is 39.0 Å². The van der Waals surface area contributed by atoms with E-state index in [1.165, 1.54) is 12.5 Å². The van der Waals surface area contributed by atoms with Crippen molar-refractivity contribution in [2.24, 2.45) is 0 Å². The number of ketones is 1. The van der Waals surface area contributed by atoms with Gasteiger partial charge in [-0.1, -0.05) is 18.2 Å². The molecule has 0 aliphatic carbocycles. The van der Waals surface area contributed by atoms with Crippen molar-refractivity contribution in [1.82, 2.24) is 5.32 Å². The highest BCUT2D eigenvalue weighted by molar-refractivity contribution is 5.94. The van der Waals surface area contributed by atoms with E-state index in [2.05, 4.69) is 5.32 Å². The van der Waals surface area contributed by atoms with Gasteiger partial charge in [0, 0.05) is 5.56 Å². The van der Waals surface area contributed by atoms with Crippen LogP contribution in [0.4, 0.5) is 0 Å². The molecule has 0 aliphatic heterocycles. The number of carbonyl (C=O) groups excluding carboxylic acids is 3. The fourth-order valence-electron chi connectivity index (χ4n) is 2.66. The number of benzene rings is 2. The van der Waals surface area contributed by atoms with Crippen molar-refractivity contribution in [1.29, 1.82) is 0 Å². The van der Waals surface area contributed by atoms with Gasteiger partial charge in [0.15, 0.2) is 12.4 Å². The lowest BCUT2D eigenvalue weighted by Gasteiger charge is -2.16. The van der Waals surface area contributed by atoms with Crippen LogP contribution in [0.5, 0.6) is 5.75 Å². The third kappa shape index (κ3) is 7.07. The zero-order chi connectivity index (χ0) is 21.4. The predicted molar refractivity (Wildman–Crippen MR) is 110 cm³/mol. The number of hydrogen-bond acceptors (Lipinski definition) is 5. The standard InChI is InChI=1S/C23H27NO5/c1-15-5-6-20(13-16(15)2)17(3)24-22(26)14-29-23(27)11-12-28-21-9-7-19(8-10-21)18(4)25/h5-10,13,17H,11-12,14H2,1-4H3,(H,24,26). The van der Waals surface area contributed by atoms with Crippen LogP contribution in [0.3, 0.4) is 0 Å². The molecule has 0 radical (unpaired) electrons. The van der Waals surface area contributed by atoms with E-state index in [1.54, 1.807) is 24.3 Å². The summed E-state index contributed by atoms with van der Waals surface area (Å²) in [5.41, 5.74) is 3.94. The van der Waals surface area contributed by atoms with Crippen LogP contribution in [-0.4, -0.2) is 30.9 Å². The summed E-state index contributed by atoms with van der Waals surface area (Å²) >= 11 is 0. The first-order chi connectivity index (χ1) is 13.8. The molecule has 0 fully saturated rings. The van der Waals surface area contributed by atoms with E-state index in [0.29, 0.717) is 11.3 Å². The van der Waals surface area contributed by atoms with Crippen molar-refractivity contribution < 1.29 is 23.9 Å². The Bertz CT molecular complexity index is 873. The fourth-order valence-corrected chi connectivity index (χ4v) is 2.66. The number of ether oxygens (including phenoxy) is 2. The van der Waals surface area contributed by atoms with Crippen LogP contribution >= 0.6 is 0 Å². The predicted octanol–water partition coefficient (Wildman–Crippen LogP) is 3.70. The van der Waals surface area contributed by atoms with Crippen LogP contribution < -0.4 is 10.1 Å². The summed E-state index contributed by atoms with van der Waals surface area (Å²) in [4.78, 5) is 35.0. The lowest BCUT2D eigenvalue weighted by atomic mass is 10.0. The molecule has 154 valence electrons. The van der Waals surface area contributed by atoms with Gasteiger partial charge < -0.3 is 14.8 Å². The normalized spacial score (nSPS) is 11.4. The van der Waals surface area contributed by atoms with E-state index in [0.717, 1.165) is 11.1 Å². The van der Waals surface area contributed by atoms with E-state index < -0.39 is 5.97 Å². The molecule has 29 heavy (non-hydrogen) atoms. The summed E-state index contributed by atoms with van der Waals surface area (Å²) in [6.07, 6.45) is 0.0223. The number of amides is 1. The molecule has 0 spiro atoms. The second-order valence-corrected chi connectivity index (χ2v) is 6.97. The zero-order valence-electron chi connectivity index (χ0n) is 17.3. The average molecular weight is 397 g/mol. The summed E-state index contributed by atoms with van der Waals surface area (Å²) in [5, 5.41) is 2.82. The number of nitrogens with one attached hydrogen (secondary N) is 1. The molecule has 1 unspecified atom stereocenters. The highest BCUT2D eigenvalue weighted by atomic mass is 16.5. The molecular weight excluding hydrogens is 370 g/mol. The molecule has 0 saturated carbocycles. The van der Waals surface area contributed by atoms with Gasteiger partial charge in [-0.25, -0.2) is 0 Å².